The minimum atomic E-state index is -0.308. The molecule has 0 aliphatic heterocycles. The Labute approximate surface area is 109 Å². The van der Waals surface area contributed by atoms with Crippen LogP contribution >= 0.6 is 0 Å². The van der Waals surface area contributed by atoms with E-state index >= 15 is 0 Å². The Kier molecular flexibility index (Phi) is 2.83. The number of Topliss-reactive ketones (excluding diaryl/α,β-unsaturated/α-hetero) is 1. The fourth-order valence-electron chi connectivity index (χ4n) is 2.04. The number of rotatable bonds is 3. The van der Waals surface area contributed by atoms with Gasteiger partial charge in [0, 0.05) is 29.7 Å². The zero-order valence-corrected chi connectivity index (χ0v) is 10.1. The van der Waals surface area contributed by atoms with E-state index in [9.17, 15) is 9.18 Å². The number of aromatic amines is 1. The third-order valence-electron chi connectivity index (χ3n) is 2.97. The fourth-order valence-corrected chi connectivity index (χ4v) is 2.04. The fraction of sp³-hybridized carbons (Fsp3) is 0.0667. The van der Waals surface area contributed by atoms with Gasteiger partial charge in [-0.1, -0.05) is 6.07 Å². The predicted octanol–water partition coefficient (Wildman–Crippen LogP) is 3.13. The highest BCUT2D eigenvalue weighted by molar-refractivity contribution is 6.00. The van der Waals surface area contributed by atoms with Crippen molar-refractivity contribution in [2.75, 3.05) is 0 Å². The average Bonchev–Trinajstić information content (AvgIpc) is 2.83. The second-order valence-electron chi connectivity index (χ2n) is 4.38. The summed E-state index contributed by atoms with van der Waals surface area (Å²) in [6.07, 6.45) is 3.61. The lowest BCUT2D eigenvalue weighted by Gasteiger charge is -1.97. The molecule has 0 atom stereocenters. The molecule has 0 aliphatic carbocycles. The van der Waals surface area contributed by atoms with E-state index < -0.39 is 0 Å². The zero-order chi connectivity index (χ0) is 13.2. The molecule has 1 aromatic carbocycles. The van der Waals surface area contributed by atoms with Crippen molar-refractivity contribution in [1.29, 1.82) is 0 Å². The maximum atomic E-state index is 13.1. The number of halogens is 1. The van der Waals surface area contributed by atoms with E-state index in [1.54, 1.807) is 30.6 Å². The Morgan fingerprint density at radius 1 is 1.26 bits per heavy atom. The van der Waals surface area contributed by atoms with E-state index in [2.05, 4.69) is 9.97 Å². The van der Waals surface area contributed by atoms with E-state index in [0.717, 1.165) is 11.1 Å². The van der Waals surface area contributed by atoms with E-state index in [-0.39, 0.29) is 18.0 Å². The Bertz CT molecular complexity index is 734. The van der Waals surface area contributed by atoms with Gasteiger partial charge in [0.1, 0.15) is 5.82 Å². The third-order valence-corrected chi connectivity index (χ3v) is 2.97. The Morgan fingerprint density at radius 2 is 2.16 bits per heavy atom. The average molecular weight is 254 g/mol. The smallest absolute Gasteiger partial charge is 0.183 e. The van der Waals surface area contributed by atoms with Crippen LogP contribution in [0.2, 0.25) is 0 Å². The molecule has 0 unspecified atom stereocenters. The van der Waals surface area contributed by atoms with Crippen molar-refractivity contribution < 1.29 is 9.18 Å². The molecule has 1 N–H and O–H groups in total. The van der Waals surface area contributed by atoms with Crippen molar-refractivity contribution in [1.82, 2.24) is 9.97 Å². The van der Waals surface area contributed by atoms with Crippen LogP contribution in [0.25, 0.3) is 10.9 Å². The van der Waals surface area contributed by atoms with Gasteiger partial charge in [-0.3, -0.25) is 9.78 Å². The minimum absolute atomic E-state index is 0.0374. The van der Waals surface area contributed by atoms with E-state index in [4.69, 9.17) is 0 Å². The Morgan fingerprint density at radius 3 is 2.95 bits per heavy atom. The van der Waals surface area contributed by atoms with Crippen LogP contribution in [0, 0.1) is 5.82 Å². The van der Waals surface area contributed by atoms with Crippen LogP contribution in [-0.4, -0.2) is 15.8 Å². The molecule has 0 amide bonds. The summed E-state index contributed by atoms with van der Waals surface area (Å²) in [5, 5.41) is 0.703. The van der Waals surface area contributed by atoms with Crippen LogP contribution in [0.3, 0.4) is 0 Å². The van der Waals surface area contributed by atoms with Crippen molar-refractivity contribution in [2.24, 2.45) is 0 Å². The van der Waals surface area contributed by atoms with Crippen molar-refractivity contribution in [2.45, 2.75) is 6.42 Å². The molecule has 0 saturated heterocycles. The van der Waals surface area contributed by atoms with Crippen LogP contribution in [0.15, 0.2) is 48.8 Å². The molecule has 0 aliphatic rings. The van der Waals surface area contributed by atoms with Crippen LogP contribution in [-0.2, 0) is 6.42 Å². The molecule has 19 heavy (non-hydrogen) atoms. The van der Waals surface area contributed by atoms with Crippen LogP contribution < -0.4 is 0 Å². The molecule has 0 spiro atoms. The number of nitrogens with zero attached hydrogens (tertiary/aromatic N) is 1. The van der Waals surface area contributed by atoms with Crippen molar-refractivity contribution in [3.8, 4) is 0 Å². The van der Waals surface area contributed by atoms with Crippen molar-refractivity contribution >= 4 is 16.7 Å². The number of carbonyl (C=O) groups excluding carboxylic acids is 1. The molecule has 0 bridgehead atoms. The minimum Gasteiger partial charge on any atom is -0.352 e. The molecule has 0 fully saturated rings. The monoisotopic (exact) mass is 254 g/mol. The summed E-state index contributed by atoms with van der Waals surface area (Å²) in [6, 6.07) is 9.74. The van der Waals surface area contributed by atoms with Gasteiger partial charge in [-0.15, -0.1) is 0 Å². The maximum absolute atomic E-state index is 13.1. The van der Waals surface area contributed by atoms with Gasteiger partial charge >= 0.3 is 0 Å². The summed E-state index contributed by atoms with van der Waals surface area (Å²) in [5.41, 5.74) is 2.11. The first-order valence-electron chi connectivity index (χ1n) is 5.93. The van der Waals surface area contributed by atoms with Gasteiger partial charge in [0.05, 0.1) is 5.69 Å². The highest BCUT2D eigenvalue weighted by Gasteiger charge is 2.10. The summed E-state index contributed by atoms with van der Waals surface area (Å²) in [6.45, 7) is 0. The quantitative estimate of drug-likeness (QED) is 0.730. The normalized spacial score (nSPS) is 10.8. The second kappa shape index (κ2) is 4.65. The molecule has 2 heterocycles. The van der Waals surface area contributed by atoms with Gasteiger partial charge in [0.2, 0.25) is 0 Å². The van der Waals surface area contributed by atoms with Crippen LogP contribution in [0.4, 0.5) is 4.39 Å². The Hall–Kier alpha value is -2.49. The molecule has 3 rings (SSSR count). The summed E-state index contributed by atoms with van der Waals surface area (Å²) in [7, 11) is 0. The lowest BCUT2D eigenvalue weighted by Crippen LogP contribution is -2.03. The predicted molar refractivity (Wildman–Crippen MR) is 70.5 cm³/mol. The lowest BCUT2D eigenvalue weighted by molar-refractivity contribution is 0.0989. The number of pyridine rings is 1. The van der Waals surface area contributed by atoms with Crippen LogP contribution in [0.5, 0.6) is 0 Å². The van der Waals surface area contributed by atoms with Crippen molar-refractivity contribution in [3.63, 3.8) is 0 Å². The van der Waals surface area contributed by atoms with Crippen LogP contribution in [0.1, 0.15) is 16.1 Å². The molecule has 2 aromatic heterocycles. The van der Waals surface area contributed by atoms with Gasteiger partial charge in [0.25, 0.3) is 0 Å². The van der Waals surface area contributed by atoms with Crippen molar-refractivity contribution in [3.05, 3.63) is 65.9 Å². The number of aromatic nitrogens is 2. The molecular weight excluding hydrogens is 243 g/mol. The summed E-state index contributed by atoms with van der Waals surface area (Å²) >= 11 is 0. The number of ketones is 1. The van der Waals surface area contributed by atoms with Gasteiger partial charge in [0.15, 0.2) is 5.78 Å². The number of hydrogen-bond acceptors (Lipinski definition) is 2. The van der Waals surface area contributed by atoms with Gasteiger partial charge < -0.3 is 4.98 Å². The second-order valence-corrected chi connectivity index (χ2v) is 4.38. The van der Waals surface area contributed by atoms with E-state index in [1.165, 1.54) is 12.1 Å². The van der Waals surface area contributed by atoms with Gasteiger partial charge in [-0.05, 0) is 35.9 Å². The number of hydrogen-bond donors (Lipinski definition) is 1. The van der Waals surface area contributed by atoms with Gasteiger partial charge in [-0.2, -0.15) is 0 Å². The highest BCUT2D eigenvalue weighted by atomic mass is 19.1. The van der Waals surface area contributed by atoms with Gasteiger partial charge in [-0.25, -0.2) is 4.39 Å². The number of nitrogens with one attached hydrogen (secondary N) is 1. The summed E-state index contributed by atoms with van der Waals surface area (Å²) in [4.78, 5) is 19.1. The number of benzene rings is 1. The molecule has 3 nitrogen and oxygen atoms in total. The molecule has 0 radical (unpaired) electrons. The molecule has 94 valence electrons. The number of fused-ring (bicyclic) bond motifs is 1. The SMILES string of the molecule is O=C(Cc1cccnc1)c1cc2cc(F)ccc2[nH]1. The molecular formula is C15H11FN2O. The first-order chi connectivity index (χ1) is 9.22. The topological polar surface area (TPSA) is 45.8 Å². The van der Waals surface area contributed by atoms with E-state index in [0.29, 0.717) is 11.1 Å². The zero-order valence-electron chi connectivity index (χ0n) is 10.1. The van der Waals surface area contributed by atoms with E-state index in [1.807, 2.05) is 6.07 Å². The molecule has 0 saturated carbocycles. The summed E-state index contributed by atoms with van der Waals surface area (Å²) < 4.78 is 13.1. The molecule has 4 heteroatoms. The third kappa shape index (κ3) is 2.38. The largest absolute Gasteiger partial charge is 0.352 e. The standard InChI is InChI=1S/C15H11FN2O/c16-12-3-4-13-11(7-12)8-14(18-13)15(19)6-10-2-1-5-17-9-10/h1-5,7-9,18H,6H2. The Balaban J connectivity index is 1.89. The maximum Gasteiger partial charge on any atom is 0.183 e. The molecule has 3 aromatic rings. The lowest BCUT2D eigenvalue weighted by atomic mass is 10.1. The summed E-state index contributed by atoms with van der Waals surface area (Å²) in [5.74, 6) is -0.345. The number of H-pyrrole nitrogens is 1. The highest BCUT2D eigenvalue weighted by Crippen LogP contribution is 2.17. The first kappa shape index (κ1) is 11.6. The first-order valence-corrected chi connectivity index (χ1v) is 5.93. The number of carbonyl (C=O) groups is 1.